The molecule has 7 heteroatoms. The molecule has 1 heterocycles. The van der Waals surface area contributed by atoms with Crippen LogP contribution in [0.15, 0.2) is 15.9 Å². The van der Waals surface area contributed by atoms with Crippen LogP contribution in [0.5, 0.6) is 0 Å². The van der Waals surface area contributed by atoms with Gasteiger partial charge in [0.2, 0.25) is 0 Å². The van der Waals surface area contributed by atoms with E-state index in [1.807, 2.05) is 11.4 Å². The van der Waals surface area contributed by atoms with Crippen LogP contribution < -0.4 is 0 Å². The van der Waals surface area contributed by atoms with E-state index in [-0.39, 0.29) is 0 Å². The van der Waals surface area contributed by atoms with Gasteiger partial charge in [-0.25, -0.2) is 9.59 Å². The second kappa shape index (κ2) is 7.26. The van der Waals surface area contributed by atoms with Crippen molar-refractivity contribution in [3.63, 3.8) is 0 Å². The molecule has 0 spiro atoms. The summed E-state index contributed by atoms with van der Waals surface area (Å²) in [6.07, 6.45) is -0.175. The highest BCUT2D eigenvalue weighted by atomic mass is 79.9. The number of esters is 1. The van der Waals surface area contributed by atoms with Crippen LogP contribution in [0, 0.1) is 0 Å². The third-order valence-corrected chi connectivity index (χ3v) is 4.64. The number of amides is 1. The maximum absolute atomic E-state index is 12.1. The van der Waals surface area contributed by atoms with Gasteiger partial charge in [-0.1, -0.05) is 0 Å². The van der Waals surface area contributed by atoms with Gasteiger partial charge in [0, 0.05) is 22.8 Å². The molecule has 21 heavy (non-hydrogen) atoms. The van der Waals surface area contributed by atoms with Gasteiger partial charge < -0.3 is 9.47 Å². The molecular weight excluding hydrogens is 358 g/mol. The summed E-state index contributed by atoms with van der Waals surface area (Å²) >= 11 is 4.94. The number of rotatable bonds is 4. The van der Waals surface area contributed by atoms with Crippen LogP contribution in [0.3, 0.4) is 0 Å². The second-order valence-corrected chi connectivity index (χ2v) is 7.38. The van der Waals surface area contributed by atoms with Crippen LogP contribution in [0.4, 0.5) is 4.79 Å². The molecule has 0 fully saturated rings. The van der Waals surface area contributed by atoms with E-state index >= 15 is 0 Å². The molecule has 0 aliphatic rings. The van der Waals surface area contributed by atoms with E-state index in [0.29, 0.717) is 6.42 Å². The number of nitrogens with zero attached hydrogens (tertiary/aromatic N) is 1. The topological polar surface area (TPSA) is 55.8 Å². The number of hydrogen-bond donors (Lipinski definition) is 0. The number of ether oxygens (including phenoxy) is 2. The third kappa shape index (κ3) is 5.32. The molecular formula is C14H20BrNO4S. The van der Waals surface area contributed by atoms with E-state index in [1.165, 1.54) is 30.4 Å². The first-order valence-electron chi connectivity index (χ1n) is 6.41. The Balaban J connectivity index is 2.89. The van der Waals surface area contributed by atoms with Gasteiger partial charge in [-0.05, 0) is 48.1 Å². The first-order chi connectivity index (χ1) is 9.65. The van der Waals surface area contributed by atoms with Gasteiger partial charge in [-0.3, -0.25) is 4.90 Å². The Kier molecular flexibility index (Phi) is 6.22. The lowest BCUT2D eigenvalue weighted by Crippen LogP contribution is -2.46. The molecule has 118 valence electrons. The summed E-state index contributed by atoms with van der Waals surface area (Å²) < 4.78 is 11.0. The number of carbonyl (C=O) groups is 2. The Labute approximate surface area is 137 Å². The smallest absolute Gasteiger partial charge is 0.410 e. The standard InChI is InChI=1S/C14H20BrNO4S/c1-14(2,3)20-13(18)16(4)10(12(17)19-5)8-11-9(15)6-7-21-11/h6-7,10H,8H2,1-5H3. The van der Waals surface area contributed by atoms with Crippen LogP contribution in [0.25, 0.3) is 0 Å². The Morgan fingerprint density at radius 2 is 2.05 bits per heavy atom. The van der Waals surface area contributed by atoms with Gasteiger partial charge in [0.05, 0.1) is 7.11 Å². The normalized spacial score (nSPS) is 12.7. The maximum atomic E-state index is 12.1. The Hall–Kier alpha value is -1.08. The van der Waals surface area contributed by atoms with Crippen LogP contribution in [-0.4, -0.2) is 42.8 Å². The lowest BCUT2D eigenvalue weighted by Gasteiger charge is -2.29. The van der Waals surface area contributed by atoms with Crippen molar-refractivity contribution < 1.29 is 19.1 Å². The predicted molar refractivity (Wildman–Crippen MR) is 85.5 cm³/mol. The molecule has 0 aromatic carbocycles. The number of thiophene rings is 1. The van der Waals surface area contributed by atoms with Gasteiger partial charge in [0.15, 0.2) is 0 Å². The molecule has 1 aromatic heterocycles. The lowest BCUT2D eigenvalue weighted by atomic mass is 10.1. The minimum absolute atomic E-state index is 0.376. The predicted octanol–water partition coefficient (Wildman–Crippen LogP) is 3.46. The summed E-state index contributed by atoms with van der Waals surface area (Å²) in [5.41, 5.74) is -0.616. The van der Waals surface area contributed by atoms with E-state index in [4.69, 9.17) is 9.47 Å². The molecule has 0 aliphatic carbocycles. The van der Waals surface area contributed by atoms with Gasteiger partial charge in [0.1, 0.15) is 11.6 Å². The van der Waals surface area contributed by atoms with Crippen molar-refractivity contribution in [1.82, 2.24) is 4.90 Å². The van der Waals surface area contributed by atoms with Crippen molar-refractivity contribution in [2.45, 2.75) is 38.8 Å². The summed E-state index contributed by atoms with van der Waals surface area (Å²) in [6, 6.07) is 1.18. The summed E-state index contributed by atoms with van der Waals surface area (Å²) in [7, 11) is 2.85. The molecule has 1 amide bonds. The van der Waals surface area contributed by atoms with Gasteiger partial charge in [-0.15, -0.1) is 11.3 Å². The van der Waals surface area contributed by atoms with E-state index < -0.39 is 23.7 Å². The molecule has 0 saturated heterocycles. The Bertz CT molecular complexity index is 509. The Morgan fingerprint density at radius 1 is 1.43 bits per heavy atom. The van der Waals surface area contributed by atoms with Crippen LogP contribution in [0.1, 0.15) is 25.6 Å². The van der Waals surface area contributed by atoms with Crippen LogP contribution >= 0.6 is 27.3 Å². The first-order valence-corrected chi connectivity index (χ1v) is 8.08. The summed E-state index contributed by atoms with van der Waals surface area (Å²) in [6.45, 7) is 5.34. The highest BCUT2D eigenvalue weighted by molar-refractivity contribution is 9.10. The van der Waals surface area contributed by atoms with Crippen molar-refractivity contribution in [2.24, 2.45) is 0 Å². The van der Waals surface area contributed by atoms with Crippen molar-refractivity contribution in [3.05, 3.63) is 20.8 Å². The fourth-order valence-corrected chi connectivity index (χ4v) is 3.17. The van der Waals surface area contributed by atoms with Crippen molar-refractivity contribution in [2.75, 3.05) is 14.2 Å². The quantitative estimate of drug-likeness (QED) is 0.753. The molecule has 1 rings (SSSR count). The fraction of sp³-hybridized carbons (Fsp3) is 0.571. The fourth-order valence-electron chi connectivity index (χ4n) is 1.62. The zero-order valence-electron chi connectivity index (χ0n) is 12.8. The Morgan fingerprint density at radius 3 is 2.48 bits per heavy atom. The molecule has 0 radical (unpaired) electrons. The highest BCUT2D eigenvalue weighted by Gasteiger charge is 2.31. The molecule has 0 saturated carbocycles. The molecule has 0 aliphatic heterocycles. The van der Waals surface area contributed by atoms with Crippen LogP contribution in [-0.2, 0) is 20.7 Å². The molecule has 5 nitrogen and oxygen atoms in total. The SMILES string of the molecule is COC(=O)C(Cc1sccc1Br)N(C)C(=O)OC(C)(C)C. The average molecular weight is 378 g/mol. The zero-order chi connectivity index (χ0) is 16.2. The number of carbonyl (C=O) groups excluding carboxylic acids is 2. The van der Waals surface area contributed by atoms with Gasteiger partial charge in [0.25, 0.3) is 0 Å². The number of halogens is 1. The molecule has 1 atom stereocenters. The first kappa shape index (κ1) is 18.0. The minimum atomic E-state index is -0.722. The van der Waals surface area contributed by atoms with E-state index in [2.05, 4.69) is 15.9 Å². The largest absolute Gasteiger partial charge is 0.467 e. The van der Waals surface area contributed by atoms with Gasteiger partial charge in [-0.2, -0.15) is 0 Å². The van der Waals surface area contributed by atoms with E-state index in [0.717, 1.165) is 9.35 Å². The molecule has 1 aromatic rings. The van der Waals surface area contributed by atoms with Crippen molar-refractivity contribution in [1.29, 1.82) is 0 Å². The average Bonchev–Trinajstić information content (AvgIpc) is 2.77. The van der Waals surface area contributed by atoms with E-state index in [9.17, 15) is 9.59 Å². The van der Waals surface area contributed by atoms with Gasteiger partial charge >= 0.3 is 12.1 Å². The van der Waals surface area contributed by atoms with Crippen molar-refractivity contribution >= 4 is 39.3 Å². The highest BCUT2D eigenvalue weighted by Crippen LogP contribution is 2.25. The number of likely N-dealkylation sites (N-methyl/N-ethyl adjacent to an activating group) is 1. The lowest BCUT2D eigenvalue weighted by molar-refractivity contribution is -0.146. The molecule has 1 unspecified atom stereocenters. The number of methoxy groups -OCH3 is 1. The monoisotopic (exact) mass is 377 g/mol. The van der Waals surface area contributed by atoms with E-state index in [1.54, 1.807) is 20.8 Å². The second-order valence-electron chi connectivity index (χ2n) is 5.53. The summed E-state index contributed by atoms with van der Waals surface area (Å²) in [4.78, 5) is 26.4. The molecule has 0 bridgehead atoms. The third-order valence-electron chi connectivity index (χ3n) is 2.69. The molecule has 0 N–H and O–H groups in total. The summed E-state index contributed by atoms with van der Waals surface area (Å²) in [5.74, 6) is -0.469. The number of hydrogen-bond acceptors (Lipinski definition) is 5. The van der Waals surface area contributed by atoms with Crippen molar-refractivity contribution in [3.8, 4) is 0 Å². The summed E-state index contributed by atoms with van der Waals surface area (Å²) in [5, 5.41) is 1.92. The maximum Gasteiger partial charge on any atom is 0.410 e. The minimum Gasteiger partial charge on any atom is -0.467 e. The zero-order valence-corrected chi connectivity index (χ0v) is 15.2. The van der Waals surface area contributed by atoms with Crippen LogP contribution in [0.2, 0.25) is 0 Å².